The molecular formula is C18H23F3N2O3S. The lowest BCUT2D eigenvalue weighted by Gasteiger charge is -2.28. The van der Waals surface area contributed by atoms with E-state index in [-0.39, 0.29) is 0 Å². The second-order valence-corrected chi connectivity index (χ2v) is 8.32. The van der Waals surface area contributed by atoms with Gasteiger partial charge in [0.05, 0.1) is 17.5 Å². The van der Waals surface area contributed by atoms with Crippen LogP contribution in [0.1, 0.15) is 44.9 Å². The number of carbonyl (C=O) groups is 2. The molecule has 1 N–H and O–H groups in total. The molecule has 0 saturated carbocycles. The van der Waals surface area contributed by atoms with Gasteiger partial charge in [0.25, 0.3) is 0 Å². The minimum Gasteiger partial charge on any atom is -0.444 e. The third-order valence-electron chi connectivity index (χ3n) is 3.89. The largest absolute Gasteiger partial charge is 0.444 e. The molecule has 0 radical (unpaired) electrons. The van der Waals surface area contributed by atoms with E-state index >= 15 is 0 Å². The van der Waals surface area contributed by atoms with E-state index in [1.165, 1.54) is 28.8 Å². The molecule has 1 heterocycles. The minimum absolute atomic E-state index is 0.324. The number of thioether (sulfide) groups is 1. The van der Waals surface area contributed by atoms with E-state index in [0.29, 0.717) is 17.2 Å². The van der Waals surface area contributed by atoms with Crippen molar-refractivity contribution in [2.24, 2.45) is 0 Å². The Balaban J connectivity index is 2.06. The quantitative estimate of drug-likeness (QED) is 0.821. The Hall–Kier alpha value is -1.90. The minimum atomic E-state index is -4.45. The lowest BCUT2D eigenvalue weighted by molar-refractivity contribution is -0.137. The van der Waals surface area contributed by atoms with E-state index in [0.717, 1.165) is 12.1 Å². The van der Waals surface area contributed by atoms with Crippen LogP contribution in [0.2, 0.25) is 0 Å². The molecule has 2 rings (SSSR count). The molecule has 0 aliphatic carbocycles. The van der Waals surface area contributed by atoms with Gasteiger partial charge in [-0.1, -0.05) is 12.1 Å². The van der Waals surface area contributed by atoms with Gasteiger partial charge in [0, 0.05) is 5.75 Å². The van der Waals surface area contributed by atoms with Crippen LogP contribution in [-0.4, -0.2) is 40.2 Å². The molecule has 0 aromatic heterocycles. The summed E-state index contributed by atoms with van der Waals surface area (Å²) in [6, 6.07) is 3.47. The number of rotatable bonds is 3. The average molecular weight is 404 g/mol. The van der Waals surface area contributed by atoms with Crippen molar-refractivity contribution in [3.8, 4) is 0 Å². The van der Waals surface area contributed by atoms with Crippen molar-refractivity contribution < 1.29 is 27.5 Å². The maximum atomic E-state index is 12.9. The third kappa shape index (κ3) is 5.79. The Kier molecular flexibility index (Phi) is 6.34. The number of amides is 2. The maximum Gasteiger partial charge on any atom is 0.416 e. The zero-order chi connectivity index (χ0) is 20.4. The number of nitrogens with one attached hydrogen (secondary N) is 1. The van der Waals surface area contributed by atoms with E-state index in [1.807, 2.05) is 0 Å². The van der Waals surface area contributed by atoms with Gasteiger partial charge in [-0.25, -0.2) is 4.79 Å². The number of ether oxygens (including phenoxy) is 1. The molecule has 0 bridgehead atoms. The molecule has 2 amide bonds. The van der Waals surface area contributed by atoms with E-state index in [4.69, 9.17) is 4.74 Å². The summed E-state index contributed by atoms with van der Waals surface area (Å²) in [5, 5.41) is 2.70. The van der Waals surface area contributed by atoms with E-state index < -0.39 is 41.4 Å². The molecule has 0 spiro atoms. The predicted octanol–water partition coefficient (Wildman–Crippen LogP) is 4.19. The molecule has 1 aliphatic heterocycles. The SMILES string of the molecule is CC(NC(=O)C1CSCN1C(=O)OC(C)(C)C)c1cccc(C(F)(F)F)c1. The van der Waals surface area contributed by atoms with Crippen LogP contribution < -0.4 is 5.32 Å². The van der Waals surface area contributed by atoms with Crippen molar-refractivity contribution in [3.63, 3.8) is 0 Å². The molecule has 1 aliphatic rings. The second-order valence-electron chi connectivity index (χ2n) is 7.32. The van der Waals surface area contributed by atoms with Gasteiger partial charge in [-0.05, 0) is 45.4 Å². The van der Waals surface area contributed by atoms with Crippen LogP contribution in [0.5, 0.6) is 0 Å². The highest BCUT2D eigenvalue weighted by molar-refractivity contribution is 7.99. The zero-order valence-corrected chi connectivity index (χ0v) is 16.4. The molecular weight excluding hydrogens is 381 g/mol. The first-order chi connectivity index (χ1) is 12.4. The molecule has 9 heteroatoms. The van der Waals surface area contributed by atoms with Crippen LogP contribution in [0.4, 0.5) is 18.0 Å². The number of benzene rings is 1. The van der Waals surface area contributed by atoms with Crippen molar-refractivity contribution in [2.45, 2.75) is 51.6 Å². The number of alkyl halides is 3. The average Bonchev–Trinajstić information content (AvgIpc) is 3.02. The molecule has 1 saturated heterocycles. The summed E-state index contributed by atoms with van der Waals surface area (Å²) in [6.45, 7) is 6.81. The highest BCUT2D eigenvalue weighted by Crippen LogP contribution is 2.31. The van der Waals surface area contributed by atoms with Gasteiger partial charge < -0.3 is 10.1 Å². The Morgan fingerprint density at radius 2 is 1.96 bits per heavy atom. The fraction of sp³-hybridized carbons (Fsp3) is 0.556. The summed E-state index contributed by atoms with van der Waals surface area (Å²) in [5.41, 5.74) is -1.11. The van der Waals surface area contributed by atoms with Gasteiger partial charge in [-0.2, -0.15) is 13.2 Å². The first-order valence-corrected chi connectivity index (χ1v) is 9.59. The topological polar surface area (TPSA) is 58.6 Å². The standard InChI is InChI=1S/C18H23F3N2O3S/c1-11(12-6-5-7-13(8-12)18(19,20)21)22-15(24)14-9-27-10-23(14)16(25)26-17(2,3)4/h5-8,11,14H,9-10H2,1-4H3,(H,22,24). The lowest BCUT2D eigenvalue weighted by atomic mass is 10.0. The Bertz CT molecular complexity index is 704. The summed E-state index contributed by atoms with van der Waals surface area (Å²) in [4.78, 5) is 26.2. The highest BCUT2D eigenvalue weighted by Gasteiger charge is 2.37. The summed E-state index contributed by atoms with van der Waals surface area (Å²) in [6.07, 6.45) is -5.03. The van der Waals surface area contributed by atoms with E-state index in [9.17, 15) is 22.8 Å². The van der Waals surface area contributed by atoms with Crippen LogP contribution in [0.3, 0.4) is 0 Å². The van der Waals surface area contributed by atoms with E-state index in [2.05, 4.69) is 5.32 Å². The number of carbonyl (C=O) groups excluding carboxylic acids is 2. The molecule has 27 heavy (non-hydrogen) atoms. The fourth-order valence-corrected chi connectivity index (χ4v) is 3.68. The van der Waals surface area contributed by atoms with Gasteiger partial charge in [0.15, 0.2) is 0 Å². The summed E-state index contributed by atoms with van der Waals surface area (Å²) < 4.78 is 43.9. The van der Waals surface area contributed by atoms with Gasteiger partial charge in [0.1, 0.15) is 11.6 Å². The Labute approximate surface area is 160 Å². The third-order valence-corrected chi connectivity index (χ3v) is 4.90. The molecule has 2 unspecified atom stereocenters. The number of hydrogen-bond acceptors (Lipinski definition) is 4. The summed E-state index contributed by atoms with van der Waals surface area (Å²) >= 11 is 1.42. The molecule has 2 atom stereocenters. The summed E-state index contributed by atoms with van der Waals surface area (Å²) in [5.74, 6) is 0.307. The van der Waals surface area contributed by atoms with Crippen LogP contribution in [0.15, 0.2) is 24.3 Å². The molecule has 5 nitrogen and oxygen atoms in total. The first kappa shape index (κ1) is 21.4. The van der Waals surface area contributed by atoms with Crippen molar-refractivity contribution in [2.75, 3.05) is 11.6 Å². The predicted molar refractivity (Wildman–Crippen MR) is 97.2 cm³/mol. The van der Waals surface area contributed by atoms with Crippen molar-refractivity contribution in [1.29, 1.82) is 0 Å². The Morgan fingerprint density at radius 3 is 2.56 bits per heavy atom. The van der Waals surface area contributed by atoms with Crippen LogP contribution >= 0.6 is 11.8 Å². The smallest absolute Gasteiger partial charge is 0.416 e. The van der Waals surface area contributed by atoms with Gasteiger partial charge >= 0.3 is 12.3 Å². The molecule has 1 fully saturated rings. The fourth-order valence-electron chi connectivity index (χ4n) is 2.54. The number of hydrogen-bond donors (Lipinski definition) is 1. The Morgan fingerprint density at radius 1 is 1.30 bits per heavy atom. The highest BCUT2D eigenvalue weighted by atomic mass is 32.2. The molecule has 150 valence electrons. The molecule has 1 aromatic rings. The first-order valence-electron chi connectivity index (χ1n) is 8.43. The van der Waals surface area contributed by atoms with Crippen molar-refractivity contribution >= 4 is 23.8 Å². The molecule has 1 aromatic carbocycles. The van der Waals surface area contributed by atoms with E-state index in [1.54, 1.807) is 27.7 Å². The van der Waals surface area contributed by atoms with Crippen molar-refractivity contribution in [3.05, 3.63) is 35.4 Å². The zero-order valence-electron chi connectivity index (χ0n) is 15.6. The van der Waals surface area contributed by atoms with Gasteiger partial charge in [-0.15, -0.1) is 11.8 Å². The van der Waals surface area contributed by atoms with Gasteiger partial charge in [0.2, 0.25) is 5.91 Å². The van der Waals surface area contributed by atoms with Crippen LogP contribution in [0, 0.1) is 0 Å². The van der Waals surface area contributed by atoms with Crippen LogP contribution in [-0.2, 0) is 15.7 Å². The lowest BCUT2D eigenvalue weighted by Crippen LogP contribution is -2.49. The van der Waals surface area contributed by atoms with Gasteiger partial charge in [-0.3, -0.25) is 9.69 Å². The monoisotopic (exact) mass is 404 g/mol. The number of halogens is 3. The van der Waals surface area contributed by atoms with Crippen molar-refractivity contribution in [1.82, 2.24) is 10.2 Å². The van der Waals surface area contributed by atoms with Crippen LogP contribution in [0.25, 0.3) is 0 Å². The number of nitrogens with zero attached hydrogens (tertiary/aromatic N) is 1. The second kappa shape index (κ2) is 8.00. The maximum absolute atomic E-state index is 12.9. The summed E-state index contributed by atoms with van der Waals surface area (Å²) in [7, 11) is 0. The normalized spacial score (nSPS) is 18.9.